The largest absolute Gasteiger partial charge is 0.370 e. The third kappa shape index (κ3) is 6.71. The van der Waals surface area contributed by atoms with Crippen LogP contribution in [-0.2, 0) is 0 Å². The van der Waals surface area contributed by atoms with Crippen LogP contribution in [0.3, 0.4) is 0 Å². The van der Waals surface area contributed by atoms with E-state index in [-0.39, 0.29) is 0 Å². The first kappa shape index (κ1) is 13.2. The zero-order chi connectivity index (χ0) is 11.0. The smallest absolute Gasteiger partial charge is 0.188 e. The molecule has 0 amide bonds. The predicted molar refractivity (Wildman–Crippen MR) is 62.5 cm³/mol. The molecule has 84 valence electrons. The molecule has 0 bridgehead atoms. The molecule has 0 aliphatic carbocycles. The van der Waals surface area contributed by atoms with E-state index in [4.69, 9.17) is 5.73 Å². The fourth-order valence-corrected chi connectivity index (χ4v) is 1.04. The standard InChI is InChI=1S/C10H24N4/c1-9(2)14(4)8-6-5-7-13-10(11)12-3/h9H,5-8H2,1-4H3,(H3,11,12,13). The molecule has 3 N–H and O–H groups in total. The van der Waals surface area contributed by atoms with Gasteiger partial charge in [-0.1, -0.05) is 0 Å². The lowest BCUT2D eigenvalue weighted by molar-refractivity contribution is 0.268. The van der Waals surface area contributed by atoms with E-state index >= 15 is 0 Å². The first-order chi connectivity index (χ1) is 6.57. The first-order valence-corrected chi connectivity index (χ1v) is 5.24. The number of hydrogen-bond acceptors (Lipinski definition) is 2. The monoisotopic (exact) mass is 200 g/mol. The van der Waals surface area contributed by atoms with Crippen LogP contribution >= 0.6 is 0 Å². The Morgan fingerprint density at radius 3 is 2.57 bits per heavy atom. The number of aliphatic imine (C=N–C) groups is 1. The zero-order valence-electron chi connectivity index (χ0n) is 9.88. The van der Waals surface area contributed by atoms with Gasteiger partial charge < -0.3 is 16.0 Å². The maximum Gasteiger partial charge on any atom is 0.188 e. The summed E-state index contributed by atoms with van der Waals surface area (Å²) in [7, 11) is 3.84. The van der Waals surface area contributed by atoms with Crippen molar-refractivity contribution in [1.82, 2.24) is 10.2 Å². The van der Waals surface area contributed by atoms with Crippen molar-refractivity contribution in [3.05, 3.63) is 0 Å². The average Bonchev–Trinajstić information content (AvgIpc) is 2.16. The van der Waals surface area contributed by atoms with Gasteiger partial charge >= 0.3 is 0 Å². The van der Waals surface area contributed by atoms with Crippen LogP contribution < -0.4 is 11.1 Å². The van der Waals surface area contributed by atoms with Crippen molar-refractivity contribution in [3.8, 4) is 0 Å². The lowest BCUT2D eigenvalue weighted by atomic mass is 10.2. The van der Waals surface area contributed by atoms with E-state index in [1.165, 1.54) is 6.42 Å². The van der Waals surface area contributed by atoms with Gasteiger partial charge in [-0.05, 0) is 40.3 Å². The number of nitrogens with zero attached hydrogens (tertiary/aromatic N) is 2. The van der Waals surface area contributed by atoms with Crippen LogP contribution in [0.4, 0.5) is 0 Å². The molecule has 0 heterocycles. The van der Waals surface area contributed by atoms with Crippen LogP contribution in [-0.4, -0.2) is 44.1 Å². The maximum absolute atomic E-state index is 5.49. The Hall–Kier alpha value is -0.770. The Labute approximate surface area is 87.6 Å². The van der Waals surface area contributed by atoms with E-state index in [0.29, 0.717) is 12.0 Å². The number of rotatable bonds is 6. The summed E-state index contributed by atoms with van der Waals surface area (Å²) in [4.78, 5) is 6.17. The van der Waals surface area contributed by atoms with Crippen molar-refractivity contribution in [3.63, 3.8) is 0 Å². The van der Waals surface area contributed by atoms with Crippen molar-refractivity contribution < 1.29 is 0 Å². The first-order valence-electron chi connectivity index (χ1n) is 5.24. The molecule has 0 rings (SSSR count). The predicted octanol–water partition coefficient (Wildman–Crippen LogP) is 0.641. The Kier molecular flexibility index (Phi) is 7.20. The molecule has 0 aromatic carbocycles. The van der Waals surface area contributed by atoms with Gasteiger partial charge in [-0.3, -0.25) is 4.99 Å². The molecule has 0 saturated heterocycles. The summed E-state index contributed by atoms with van der Waals surface area (Å²) in [5.74, 6) is 0.530. The zero-order valence-corrected chi connectivity index (χ0v) is 9.88. The van der Waals surface area contributed by atoms with Gasteiger partial charge in [-0.2, -0.15) is 0 Å². The highest BCUT2D eigenvalue weighted by molar-refractivity contribution is 5.77. The van der Waals surface area contributed by atoms with Gasteiger partial charge in [0, 0.05) is 19.6 Å². The number of unbranched alkanes of at least 4 members (excludes halogenated alkanes) is 1. The van der Waals surface area contributed by atoms with Crippen molar-refractivity contribution in [2.45, 2.75) is 32.7 Å². The molecule has 0 fully saturated rings. The van der Waals surface area contributed by atoms with E-state index in [0.717, 1.165) is 19.5 Å². The Balaban J connectivity index is 3.30. The van der Waals surface area contributed by atoms with Crippen molar-refractivity contribution in [2.24, 2.45) is 10.7 Å². The minimum Gasteiger partial charge on any atom is -0.370 e. The highest BCUT2D eigenvalue weighted by Gasteiger charge is 2.01. The van der Waals surface area contributed by atoms with Gasteiger partial charge in [-0.15, -0.1) is 0 Å². The third-order valence-corrected chi connectivity index (χ3v) is 2.37. The van der Waals surface area contributed by atoms with Gasteiger partial charge in [0.05, 0.1) is 0 Å². The van der Waals surface area contributed by atoms with Crippen LogP contribution in [0.1, 0.15) is 26.7 Å². The molecular weight excluding hydrogens is 176 g/mol. The van der Waals surface area contributed by atoms with Crippen LogP contribution in [0.25, 0.3) is 0 Å². The van der Waals surface area contributed by atoms with E-state index in [9.17, 15) is 0 Å². The fourth-order valence-electron chi connectivity index (χ4n) is 1.04. The van der Waals surface area contributed by atoms with E-state index in [1.54, 1.807) is 7.05 Å². The number of nitrogens with one attached hydrogen (secondary N) is 1. The normalized spacial score (nSPS) is 12.6. The van der Waals surface area contributed by atoms with Crippen LogP contribution in [0, 0.1) is 0 Å². The second kappa shape index (κ2) is 7.62. The minimum absolute atomic E-state index is 0.530. The minimum atomic E-state index is 0.530. The van der Waals surface area contributed by atoms with Crippen molar-refractivity contribution in [1.29, 1.82) is 0 Å². The molecule has 0 unspecified atom stereocenters. The van der Waals surface area contributed by atoms with Gasteiger partial charge in [0.15, 0.2) is 5.96 Å². The molecule has 0 saturated carbocycles. The van der Waals surface area contributed by atoms with Gasteiger partial charge in [0.25, 0.3) is 0 Å². The number of nitrogens with two attached hydrogens (primary N) is 1. The van der Waals surface area contributed by atoms with E-state index in [2.05, 4.69) is 36.1 Å². The van der Waals surface area contributed by atoms with E-state index in [1.807, 2.05) is 0 Å². The summed E-state index contributed by atoms with van der Waals surface area (Å²) >= 11 is 0. The molecule has 0 aromatic rings. The molecule has 14 heavy (non-hydrogen) atoms. The van der Waals surface area contributed by atoms with E-state index < -0.39 is 0 Å². The van der Waals surface area contributed by atoms with Crippen LogP contribution in [0.5, 0.6) is 0 Å². The summed E-state index contributed by atoms with van der Waals surface area (Å²) in [5, 5.41) is 3.04. The van der Waals surface area contributed by atoms with Gasteiger partial charge in [0.1, 0.15) is 0 Å². The second-order valence-corrected chi connectivity index (χ2v) is 3.82. The average molecular weight is 200 g/mol. The molecule has 0 aromatic heterocycles. The topological polar surface area (TPSA) is 53.6 Å². The molecule has 0 spiro atoms. The third-order valence-electron chi connectivity index (χ3n) is 2.37. The Bertz CT molecular complexity index is 166. The van der Waals surface area contributed by atoms with Crippen molar-refractivity contribution >= 4 is 5.96 Å². The molecular formula is C10H24N4. The van der Waals surface area contributed by atoms with Gasteiger partial charge in [0.2, 0.25) is 0 Å². The van der Waals surface area contributed by atoms with Crippen molar-refractivity contribution in [2.75, 3.05) is 27.2 Å². The number of hydrogen-bond donors (Lipinski definition) is 2. The SMILES string of the molecule is CN=C(N)NCCCCN(C)C(C)C. The molecule has 0 atom stereocenters. The fraction of sp³-hybridized carbons (Fsp3) is 0.900. The summed E-state index contributed by atoms with van der Waals surface area (Å²) < 4.78 is 0. The lowest BCUT2D eigenvalue weighted by Gasteiger charge is -2.20. The Morgan fingerprint density at radius 1 is 1.43 bits per heavy atom. The maximum atomic E-state index is 5.49. The quantitative estimate of drug-likeness (QED) is 0.376. The molecule has 0 aliphatic rings. The summed E-state index contributed by atoms with van der Waals surface area (Å²) in [6.45, 7) is 6.47. The lowest BCUT2D eigenvalue weighted by Crippen LogP contribution is -2.33. The second-order valence-electron chi connectivity index (χ2n) is 3.82. The summed E-state index contributed by atoms with van der Waals surface area (Å²) in [5.41, 5.74) is 5.49. The Morgan fingerprint density at radius 2 is 2.07 bits per heavy atom. The number of guanidine groups is 1. The molecule has 0 aliphatic heterocycles. The summed E-state index contributed by atoms with van der Waals surface area (Å²) in [6, 6.07) is 0.630. The molecule has 0 radical (unpaired) electrons. The molecule has 4 nitrogen and oxygen atoms in total. The summed E-state index contributed by atoms with van der Waals surface area (Å²) in [6.07, 6.45) is 2.33. The van der Waals surface area contributed by atoms with Crippen LogP contribution in [0.15, 0.2) is 4.99 Å². The van der Waals surface area contributed by atoms with Gasteiger partial charge in [-0.25, -0.2) is 0 Å². The molecule has 4 heteroatoms. The van der Waals surface area contributed by atoms with Crippen LogP contribution in [0.2, 0.25) is 0 Å². The highest BCUT2D eigenvalue weighted by atomic mass is 15.1. The highest BCUT2D eigenvalue weighted by Crippen LogP contribution is 1.96.